The minimum absolute atomic E-state index is 0.289. The molecule has 0 unspecified atom stereocenters. The van der Waals surface area contributed by atoms with Gasteiger partial charge in [0, 0.05) is 37.8 Å². The smallest absolute Gasteiger partial charge is 0.181 e. The van der Waals surface area contributed by atoms with E-state index in [1.807, 2.05) is 6.92 Å². The average molecular weight is 365 g/mol. The molecule has 1 aliphatic heterocycles. The lowest BCUT2D eigenvalue weighted by Gasteiger charge is -2.31. The molecule has 5 nitrogen and oxygen atoms in total. The summed E-state index contributed by atoms with van der Waals surface area (Å²) < 4.78 is 14.1. The van der Waals surface area contributed by atoms with E-state index in [1.54, 1.807) is 0 Å². The maximum absolute atomic E-state index is 6.44. The van der Waals surface area contributed by atoms with Crippen LogP contribution in [0.15, 0.2) is 41.3 Å². The highest BCUT2D eigenvalue weighted by Crippen LogP contribution is 2.34. The van der Waals surface area contributed by atoms with Gasteiger partial charge in [-0.2, -0.15) is 0 Å². The van der Waals surface area contributed by atoms with E-state index in [1.165, 1.54) is 30.1 Å². The zero-order valence-corrected chi connectivity index (χ0v) is 15.9. The van der Waals surface area contributed by atoms with Gasteiger partial charge in [-0.25, -0.2) is 4.98 Å². The number of fused-ring (bicyclic) bond motifs is 1. The number of ether oxygens (including phenoxy) is 1. The van der Waals surface area contributed by atoms with Crippen LogP contribution in [0.4, 0.5) is 0 Å². The van der Waals surface area contributed by atoms with Gasteiger partial charge < -0.3 is 13.7 Å². The Balaban J connectivity index is 1.22. The first kappa shape index (κ1) is 16.9. The van der Waals surface area contributed by atoms with Gasteiger partial charge in [0.15, 0.2) is 6.39 Å². The van der Waals surface area contributed by atoms with E-state index in [0.717, 1.165) is 62.1 Å². The first-order valence-corrected chi connectivity index (χ1v) is 10.1. The van der Waals surface area contributed by atoms with Crippen LogP contribution in [-0.4, -0.2) is 33.6 Å². The average Bonchev–Trinajstić information content (AvgIpc) is 3.27. The van der Waals surface area contributed by atoms with Crippen LogP contribution in [0.1, 0.15) is 37.1 Å². The molecule has 2 aliphatic rings. The number of aryl methyl sites for hydroxylation is 1. The number of nitrogens with zero attached hydrogens (tertiary/aromatic N) is 3. The summed E-state index contributed by atoms with van der Waals surface area (Å²) in [6.07, 6.45) is 8.91. The number of hydrogen-bond donors (Lipinski definition) is 0. The SMILES string of the molecule is Cc1ocnc1CN1CCC(Oc2cccc3c2ccn3CC2CC2)CC1. The molecule has 0 radical (unpaired) electrons. The van der Waals surface area contributed by atoms with Crippen LogP contribution in [0.5, 0.6) is 5.75 Å². The lowest BCUT2D eigenvalue weighted by Crippen LogP contribution is -2.38. The van der Waals surface area contributed by atoms with Crippen LogP contribution in [0.2, 0.25) is 0 Å². The highest BCUT2D eigenvalue weighted by molar-refractivity contribution is 5.86. The van der Waals surface area contributed by atoms with Crippen molar-refractivity contribution in [1.29, 1.82) is 0 Å². The summed E-state index contributed by atoms with van der Waals surface area (Å²) >= 11 is 0. The second-order valence-electron chi connectivity index (χ2n) is 8.05. The van der Waals surface area contributed by atoms with E-state index in [2.05, 4.69) is 44.9 Å². The summed E-state index contributed by atoms with van der Waals surface area (Å²) in [6, 6.07) is 8.68. The van der Waals surface area contributed by atoms with Crippen molar-refractivity contribution in [3.05, 3.63) is 48.3 Å². The normalized spacial score (nSPS) is 19.0. The number of piperidine rings is 1. The predicted octanol–water partition coefficient (Wildman–Crippen LogP) is 4.39. The van der Waals surface area contributed by atoms with Gasteiger partial charge in [0.2, 0.25) is 0 Å². The molecule has 3 heterocycles. The van der Waals surface area contributed by atoms with Crippen LogP contribution < -0.4 is 4.74 Å². The van der Waals surface area contributed by atoms with Crippen molar-refractivity contribution < 1.29 is 9.15 Å². The number of hydrogen-bond acceptors (Lipinski definition) is 4. The monoisotopic (exact) mass is 365 g/mol. The zero-order valence-electron chi connectivity index (χ0n) is 15.9. The van der Waals surface area contributed by atoms with Crippen LogP contribution in [-0.2, 0) is 13.1 Å². The predicted molar refractivity (Wildman–Crippen MR) is 105 cm³/mol. The summed E-state index contributed by atoms with van der Waals surface area (Å²) in [4.78, 5) is 6.76. The van der Waals surface area contributed by atoms with Gasteiger partial charge >= 0.3 is 0 Å². The van der Waals surface area contributed by atoms with Gasteiger partial charge in [-0.3, -0.25) is 4.90 Å². The van der Waals surface area contributed by atoms with E-state index >= 15 is 0 Å². The van der Waals surface area contributed by atoms with Crippen molar-refractivity contribution in [3.63, 3.8) is 0 Å². The Bertz CT molecular complexity index is 917. The van der Waals surface area contributed by atoms with Crippen LogP contribution in [0.3, 0.4) is 0 Å². The van der Waals surface area contributed by atoms with Crippen LogP contribution >= 0.6 is 0 Å². The van der Waals surface area contributed by atoms with E-state index in [4.69, 9.17) is 9.15 Å². The summed E-state index contributed by atoms with van der Waals surface area (Å²) in [5.74, 6) is 2.84. The zero-order chi connectivity index (χ0) is 18.2. The Labute approximate surface area is 159 Å². The highest BCUT2D eigenvalue weighted by atomic mass is 16.5. The lowest BCUT2D eigenvalue weighted by atomic mass is 10.1. The van der Waals surface area contributed by atoms with E-state index < -0.39 is 0 Å². The second-order valence-corrected chi connectivity index (χ2v) is 8.05. The maximum atomic E-state index is 6.44. The van der Waals surface area contributed by atoms with E-state index in [0.29, 0.717) is 0 Å². The molecule has 0 spiro atoms. The van der Waals surface area contributed by atoms with Crippen LogP contribution in [0, 0.1) is 12.8 Å². The molecule has 0 N–H and O–H groups in total. The molecule has 1 saturated carbocycles. The molecule has 0 bridgehead atoms. The number of likely N-dealkylation sites (tertiary alicyclic amines) is 1. The third kappa shape index (κ3) is 3.61. The van der Waals surface area contributed by atoms with Gasteiger partial charge in [-0.1, -0.05) is 6.07 Å². The Morgan fingerprint density at radius 3 is 2.74 bits per heavy atom. The molecular weight excluding hydrogens is 338 g/mol. The molecule has 3 aromatic rings. The molecule has 5 rings (SSSR count). The molecule has 1 aromatic carbocycles. The van der Waals surface area contributed by atoms with Crippen molar-refractivity contribution in [2.24, 2.45) is 5.92 Å². The van der Waals surface area contributed by atoms with Crippen molar-refractivity contribution in [2.75, 3.05) is 13.1 Å². The van der Waals surface area contributed by atoms with Crippen LogP contribution in [0.25, 0.3) is 10.9 Å². The molecule has 142 valence electrons. The Morgan fingerprint density at radius 1 is 1.15 bits per heavy atom. The molecule has 2 aromatic heterocycles. The number of rotatable bonds is 6. The van der Waals surface area contributed by atoms with Gasteiger partial charge in [0.1, 0.15) is 17.6 Å². The fourth-order valence-corrected chi connectivity index (χ4v) is 4.09. The van der Waals surface area contributed by atoms with Gasteiger partial charge in [-0.15, -0.1) is 0 Å². The Kier molecular flexibility index (Phi) is 4.40. The Morgan fingerprint density at radius 2 is 2.00 bits per heavy atom. The minimum Gasteiger partial charge on any atom is -0.490 e. The first-order valence-electron chi connectivity index (χ1n) is 10.1. The number of benzene rings is 1. The van der Waals surface area contributed by atoms with Crippen molar-refractivity contribution in [3.8, 4) is 5.75 Å². The molecule has 27 heavy (non-hydrogen) atoms. The van der Waals surface area contributed by atoms with Gasteiger partial charge in [0.25, 0.3) is 0 Å². The van der Waals surface area contributed by atoms with Crippen molar-refractivity contribution >= 4 is 10.9 Å². The molecule has 1 aliphatic carbocycles. The van der Waals surface area contributed by atoms with Gasteiger partial charge in [-0.05, 0) is 56.7 Å². The third-order valence-electron chi connectivity index (χ3n) is 5.97. The fourth-order valence-electron chi connectivity index (χ4n) is 4.09. The maximum Gasteiger partial charge on any atom is 0.181 e. The third-order valence-corrected chi connectivity index (χ3v) is 5.97. The van der Waals surface area contributed by atoms with E-state index in [9.17, 15) is 0 Å². The summed E-state index contributed by atoms with van der Waals surface area (Å²) in [6.45, 7) is 6.07. The molecule has 5 heteroatoms. The molecule has 1 saturated heterocycles. The second kappa shape index (κ2) is 7.04. The summed E-state index contributed by atoms with van der Waals surface area (Å²) in [5, 5.41) is 1.25. The number of aromatic nitrogens is 2. The van der Waals surface area contributed by atoms with Crippen molar-refractivity contribution in [2.45, 2.75) is 51.8 Å². The quantitative estimate of drug-likeness (QED) is 0.650. The largest absolute Gasteiger partial charge is 0.490 e. The highest BCUT2D eigenvalue weighted by Gasteiger charge is 2.24. The topological polar surface area (TPSA) is 43.4 Å². The molecule has 2 fully saturated rings. The fraction of sp³-hybridized carbons (Fsp3) is 0.500. The summed E-state index contributed by atoms with van der Waals surface area (Å²) in [5.41, 5.74) is 2.36. The Hall–Kier alpha value is -2.27. The summed E-state index contributed by atoms with van der Waals surface area (Å²) in [7, 11) is 0. The molecule has 0 atom stereocenters. The molecule has 0 amide bonds. The van der Waals surface area contributed by atoms with E-state index in [-0.39, 0.29) is 6.10 Å². The minimum atomic E-state index is 0.289. The molecular formula is C22H27N3O2. The van der Waals surface area contributed by atoms with Gasteiger partial charge in [0.05, 0.1) is 11.2 Å². The standard InChI is InChI=1S/C22H27N3O2/c1-16-20(23-15-26-16)14-24-10-7-18(8-11-24)27-22-4-2-3-21-19(22)9-12-25(21)13-17-5-6-17/h2-4,9,12,15,17-18H,5-8,10-11,13-14H2,1H3. The first-order chi connectivity index (χ1) is 13.3. The number of oxazole rings is 1. The lowest BCUT2D eigenvalue weighted by molar-refractivity contribution is 0.0971. The van der Waals surface area contributed by atoms with Crippen molar-refractivity contribution in [1.82, 2.24) is 14.5 Å².